The molecule has 3 N–H and O–H groups in total. The second-order valence-electron chi connectivity index (χ2n) is 17.7. The maximum absolute atomic E-state index is 13.2. The topological polar surface area (TPSA) is 95.9 Å². The van der Waals surface area contributed by atoms with Crippen molar-refractivity contribution in [3.05, 3.63) is 72.9 Å². The molecule has 0 aliphatic heterocycles. The summed E-state index contributed by atoms with van der Waals surface area (Å²) >= 11 is 0. The number of aliphatic hydroxyl groups is 2. The van der Waals surface area contributed by atoms with Crippen LogP contribution in [-0.4, -0.2) is 46.9 Å². The zero-order chi connectivity index (χ0) is 45.2. The van der Waals surface area contributed by atoms with Gasteiger partial charge in [0.25, 0.3) is 0 Å². The molecule has 0 bridgehead atoms. The summed E-state index contributed by atoms with van der Waals surface area (Å²) in [6.45, 7) is 6.41. The molecule has 3 atom stereocenters. The largest absolute Gasteiger partial charge is 0.462 e. The SMILES string of the molecule is CCCCC/C=C/C=C/C=C/C=C/CCCCCC(CC(=O)NC(CO)C(O)CCCCCCCCCCCCC)OC(=O)CCCCC/C=C/C=C/CCCCCCCCC. The van der Waals surface area contributed by atoms with E-state index in [2.05, 4.69) is 92.9 Å². The number of ether oxygens (including phenoxy) is 1. The molecule has 62 heavy (non-hydrogen) atoms. The molecule has 0 aliphatic rings. The van der Waals surface area contributed by atoms with E-state index < -0.39 is 18.2 Å². The average molecular weight is 866 g/mol. The van der Waals surface area contributed by atoms with Crippen LogP contribution in [0.1, 0.15) is 245 Å². The first-order valence-electron chi connectivity index (χ1n) is 26.2. The Morgan fingerprint density at radius 1 is 0.468 bits per heavy atom. The molecule has 0 rings (SSSR count). The lowest BCUT2D eigenvalue weighted by molar-refractivity contribution is -0.151. The van der Waals surface area contributed by atoms with Gasteiger partial charge < -0.3 is 20.3 Å². The summed E-state index contributed by atoms with van der Waals surface area (Å²) in [5, 5.41) is 23.7. The van der Waals surface area contributed by atoms with Crippen molar-refractivity contribution in [2.75, 3.05) is 6.61 Å². The van der Waals surface area contributed by atoms with Crippen molar-refractivity contribution >= 4 is 11.9 Å². The van der Waals surface area contributed by atoms with Crippen molar-refractivity contribution < 1.29 is 24.5 Å². The number of amides is 1. The first kappa shape index (κ1) is 59.3. The van der Waals surface area contributed by atoms with Crippen LogP contribution >= 0.6 is 0 Å². The Morgan fingerprint density at radius 3 is 1.31 bits per heavy atom. The highest BCUT2D eigenvalue weighted by Gasteiger charge is 2.24. The molecule has 0 heterocycles. The van der Waals surface area contributed by atoms with Crippen LogP contribution in [0.2, 0.25) is 0 Å². The lowest BCUT2D eigenvalue weighted by Gasteiger charge is -2.24. The first-order chi connectivity index (χ1) is 30.5. The molecule has 3 unspecified atom stereocenters. The van der Waals surface area contributed by atoms with Crippen LogP contribution < -0.4 is 5.32 Å². The Morgan fingerprint density at radius 2 is 0.823 bits per heavy atom. The lowest BCUT2D eigenvalue weighted by Crippen LogP contribution is -2.46. The highest BCUT2D eigenvalue weighted by molar-refractivity contribution is 5.77. The Balaban J connectivity index is 4.73. The molecule has 0 aromatic heterocycles. The zero-order valence-corrected chi connectivity index (χ0v) is 40.7. The molecular formula is C56H99NO5. The Bertz CT molecular complexity index is 1150. The summed E-state index contributed by atoms with van der Waals surface area (Å²) in [5.74, 6) is -0.545. The van der Waals surface area contributed by atoms with Gasteiger partial charge in [0.1, 0.15) is 6.10 Å². The predicted molar refractivity (Wildman–Crippen MR) is 268 cm³/mol. The minimum atomic E-state index is -0.805. The van der Waals surface area contributed by atoms with E-state index in [0.717, 1.165) is 83.5 Å². The quantitative estimate of drug-likeness (QED) is 0.0322. The van der Waals surface area contributed by atoms with Gasteiger partial charge in [-0.05, 0) is 77.0 Å². The molecule has 0 aliphatic carbocycles. The molecular weight excluding hydrogens is 767 g/mol. The van der Waals surface area contributed by atoms with E-state index >= 15 is 0 Å². The van der Waals surface area contributed by atoms with Crippen LogP contribution in [0, 0.1) is 0 Å². The van der Waals surface area contributed by atoms with Gasteiger partial charge in [-0.1, -0.05) is 229 Å². The van der Waals surface area contributed by atoms with E-state index in [0.29, 0.717) is 19.3 Å². The first-order valence-corrected chi connectivity index (χ1v) is 26.2. The van der Waals surface area contributed by atoms with E-state index in [1.807, 2.05) is 6.08 Å². The fourth-order valence-electron chi connectivity index (χ4n) is 7.61. The van der Waals surface area contributed by atoms with Gasteiger partial charge in [0.15, 0.2) is 0 Å². The van der Waals surface area contributed by atoms with E-state index in [-0.39, 0.29) is 24.9 Å². The van der Waals surface area contributed by atoms with E-state index in [1.54, 1.807) is 0 Å². The minimum absolute atomic E-state index is 0.0385. The molecule has 6 heteroatoms. The third-order valence-corrected chi connectivity index (χ3v) is 11.6. The van der Waals surface area contributed by atoms with Gasteiger partial charge in [0.2, 0.25) is 5.91 Å². The number of carbonyl (C=O) groups is 2. The number of unbranched alkanes of at least 4 members (excludes halogenated alkanes) is 26. The summed E-state index contributed by atoms with van der Waals surface area (Å²) < 4.78 is 5.91. The molecule has 0 aromatic carbocycles. The highest BCUT2D eigenvalue weighted by atomic mass is 16.5. The van der Waals surface area contributed by atoms with Gasteiger partial charge in [-0.15, -0.1) is 0 Å². The van der Waals surface area contributed by atoms with Crippen LogP contribution in [0.25, 0.3) is 0 Å². The van der Waals surface area contributed by atoms with Crippen molar-refractivity contribution in [1.29, 1.82) is 0 Å². The number of allylic oxidation sites excluding steroid dienone is 12. The second kappa shape index (κ2) is 49.3. The third-order valence-electron chi connectivity index (χ3n) is 11.6. The normalized spacial score (nSPS) is 13.8. The number of aliphatic hydroxyl groups excluding tert-OH is 2. The van der Waals surface area contributed by atoms with Crippen LogP contribution in [0.3, 0.4) is 0 Å². The molecule has 6 nitrogen and oxygen atoms in total. The second-order valence-corrected chi connectivity index (χ2v) is 17.7. The number of carbonyl (C=O) groups excluding carboxylic acids is 2. The third kappa shape index (κ3) is 43.9. The molecule has 0 radical (unpaired) electrons. The summed E-state index contributed by atoms with van der Waals surface area (Å²) in [7, 11) is 0. The summed E-state index contributed by atoms with van der Waals surface area (Å²) in [4.78, 5) is 26.1. The minimum Gasteiger partial charge on any atom is -0.462 e. The molecule has 0 saturated carbocycles. The Hall–Kier alpha value is -2.70. The standard InChI is InChI=1S/C56H99NO5/c1-4-7-10-13-16-19-22-24-26-28-30-33-35-38-41-44-47-52(62-56(61)49-46-43-40-37-34-31-29-27-25-23-20-17-14-11-8-5-2)50-55(60)57-53(51-58)54(59)48-45-42-39-36-32-21-18-15-12-9-6-3/h16,19,22,24,26-31,33-34,52-54,58-59H,4-15,17-18,20-21,23,25,32,35-51H2,1-3H3,(H,57,60)/b19-16+,24-22+,28-26+,29-27+,33-30+,34-31+. The molecule has 358 valence electrons. The predicted octanol–water partition coefficient (Wildman–Crippen LogP) is 15.8. The lowest BCUT2D eigenvalue weighted by atomic mass is 10.0. The van der Waals surface area contributed by atoms with Gasteiger partial charge in [-0.25, -0.2) is 0 Å². The average Bonchev–Trinajstić information content (AvgIpc) is 3.26. The fraction of sp³-hybridized carbons (Fsp3) is 0.750. The maximum atomic E-state index is 13.2. The summed E-state index contributed by atoms with van der Waals surface area (Å²) in [5.41, 5.74) is 0. The summed E-state index contributed by atoms with van der Waals surface area (Å²) in [6.07, 6.45) is 62.4. The van der Waals surface area contributed by atoms with Gasteiger partial charge in [-0.3, -0.25) is 9.59 Å². The van der Waals surface area contributed by atoms with Crippen LogP contribution in [-0.2, 0) is 14.3 Å². The number of hydrogen-bond donors (Lipinski definition) is 3. The highest BCUT2D eigenvalue weighted by Crippen LogP contribution is 2.17. The maximum Gasteiger partial charge on any atom is 0.306 e. The van der Waals surface area contributed by atoms with Crippen LogP contribution in [0.5, 0.6) is 0 Å². The van der Waals surface area contributed by atoms with Crippen LogP contribution in [0.15, 0.2) is 72.9 Å². The van der Waals surface area contributed by atoms with Gasteiger partial charge in [-0.2, -0.15) is 0 Å². The number of esters is 1. The molecule has 0 saturated heterocycles. The Labute approximate surface area is 383 Å². The summed E-state index contributed by atoms with van der Waals surface area (Å²) in [6, 6.07) is -0.722. The van der Waals surface area contributed by atoms with Gasteiger partial charge in [0.05, 0.1) is 25.2 Å². The van der Waals surface area contributed by atoms with Crippen molar-refractivity contribution in [2.45, 2.75) is 264 Å². The van der Waals surface area contributed by atoms with E-state index in [9.17, 15) is 19.8 Å². The Kier molecular flexibility index (Phi) is 47.2. The molecule has 1 amide bonds. The van der Waals surface area contributed by atoms with Crippen molar-refractivity contribution in [1.82, 2.24) is 5.32 Å². The zero-order valence-electron chi connectivity index (χ0n) is 40.7. The molecule has 0 aromatic rings. The van der Waals surface area contributed by atoms with E-state index in [1.165, 1.54) is 116 Å². The smallest absolute Gasteiger partial charge is 0.306 e. The van der Waals surface area contributed by atoms with Crippen molar-refractivity contribution in [2.24, 2.45) is 0 Å². The number of rotatable bonds is 46. The number of hydrogen-bond acceptors (Lipinski definition) is 5. The van der Waals surface area contributed by atoms with Crippen molar-refractivity contribution in [3.8, 4) is 0 Å². The molecule has 0 fully saturated rings. The van der Waals surface area contributed by atoms with Gasteiger partial charge >= 0.3 is 5.97 Å². The fourth-order valence-corrected chi connectivity index (χ4v) is 7.61. The van der Waals surface area contributed by atoms with Crippen molar-refractivity contribution in [3.63, 3.8) is 0 Å². The molecule has 0 spiro atoms. The van der Waals surface area contributed by atoms with Gasteiger partial charge in [0, 0.05) is 6.42 Å². The monoisotopic (exact) mass is 866 g/mol. The van der Waals surface area contributed by atoms with E-state index in [4.69, 9.17) is 4.74 Å². The number of nitrogens with one attached hydrogen (secondary N) is 1. The van der Waals surface area contributed by atoms with Crippen LogP contribution in [0.4, 0.5) is 0 Å².